The van der Waals surface area contributed by atoms with Crippen LogP contribution < -0.4 is 5.32 Å². The number of anilines is 1. The van der Waals surface area contributed by atoms with Gasteiger partial charge in [-0.3, -0.25) is 9.48 Å². The van der Waals surface area contributed by atoms with E-state index in [2.05, 4.69) is 15.4 Å². The summed E-state index contributed by atoms with van der Waals surface area (Å²) in [7, 11) is 0. The molecule has 1 aliphatic rings. The molecule has 0 radical (unpaired) electrons. The van der Waals surface area contributed by atoms with E-state index in [-0.39, 0.29) is 17.3 Å². The van der Waals surface area contributed by atoms with Crippen LogP contribution >= 0.6 is 0 Å². The fourth-order valence-corrected chi connectivity index (χ4v) is 1.97. The van der Waals surface area contributed by atoms with Crippen molar-refractivity contribution >= 4 is 17.7 Å². The SMILES string of the molecule is O=C(O)c1ccnc(NC(=O)c2cnn(CC3CC3)c2)c1. The molecule has 2 N–H and O–H groups in total. The molecule has 2 heterocycles. The quantitative estimate of drug-likeness (QED) is 0.870. The molecular formula is C14H14N4O3. The fourth-order valence-electron chi connectivity index (χ4n) is 1.97. The van der Waals surface area contributed by atoms with E-state index < -0.39 is 5.97 Å². The molecule has 0 aromatic carbocycles. The second-order valence-corrected chi connectivity index (χ2v) is 5.08. The molecular weight excluding hydrogens is 272 g/mol. The highest BCUT2D eigenvalue weighted by Gasteiger charge is 2.22. The summed E-state index contributed by atoms with van der Waals surface area (Å²) >= 11 is 0. The van der Waals surface area contributed by atoms with Crippen molar-refractivity contribution in [2.75, 3.05) is 5.32 Å². The van der Waals surface area contributed by atoms with E-state index in [9.17, 15) is 9.59 Å². The van der Waals surface area contributed by atoms with Gasteiger partial charge in [-0.15, -0.1) is 0 Å². The van der Waals surface area contributed by atoms with Crippen molar-refractivity contribution in [2.24, 2.45) is 5.92 Å². The molecule has 3 rings (SSSR count). The van der Waals surface area contributed by atoms with E-state index in [1.165, 1.54) is 37.4 Å². The minimum Gasteiger partial charge on any atom is -0.478 e. The van der Waals surface area contributed by atoms with Crippen LogP contribution in [0, 0.1) is 5.92 Å². The first-order valence-corrected chi connectivity index (χ1v) is 6.65. The Bertz CT molecular complexity index is 691. The van der Waals surface area contributed by atoms with E-state index in [0.717, 1.165) is 6.54 Å². The standard InChI is InChI=1S/C14H14N4O3/c19-13(11-6-16-18(8-11)7-9-1-2-9)17-12-5-10(14(20)21)3-4-15-12/h3-6,8-9H,1-2,7H2,(H,20,21)(H,15,17,19). The second kappa shape index (κ2) is 5.35. The number of carboxylic acid groups (broad SMARTS) is 1. The first kappa shape index (κ1) is 13.3. The third-order valence-corrected chi connectivity index (χ3v) is 3.29. The number of carboxylic acids is 1. The molecule has 2 aromatic heterocycles. The average molecular weight is 286 g/mol. The first-order valence-electron chi connectivity index (χ1n) is 6.65. The summed E-state index contributed by atoms with van der Waals surface area (Å²) in [5, 5.41) is 15.6. The monoisotopic (exact) mass is 286 g/mol. The van der Waals surface area contributed by atoms with Crippen molar-refractivity contribution in [1.29, 1.82) is 0 Å². The van der Waals surface area contributed by atoms with E-state index in [4.69, 9.17) is 5.11 Å². The Labute approximate surface area is 120 Å². The topological polar surface area (TPSA) is 97.1 Å². The predicted molar refractivity (Wildman–Crippen MR) is 74.1 cm³/mol. The predicted octanol–water partition coefficient (Wildman–Crippen LogP) is 1.64. The maximum absolute atomic E-state index is 12.1. The lowest BCUT2D eigenvalue weighted by atomic mass is 10.2. The molecule has 7 heteroatoms. The highest BCUT2D eigenvalue weighted by atomic mass is 16.4. The van der Waals surface area contributed by atoms with Crippen molar-refractivity contribution in [3.05, 3.63) is 41.9 Å². The number of amides is 1. The zero-order valence-corrected chi connectivity index (χ0v) is 11.2. The van der Waals surface area contributed by atoms with Crippen LogP contribution in [0.4, 0.5) is 5.82 Å². The molecule has 2 aromatic rings. The number of hydrogen-bond acceptors (Lipinski definition) is 4. The summed E-state index contributed by atoms with van der Waals surface area (Å²) in [6.07, 6.45) is 6.96. The van der Waals surface area contributed by atoms with Crippen LogP contribution in [0.25, 0.3) is 0 Å². The Morgan fingerprint density at radius 1 is 1.38 bits per heavy atom. The van der Waals surface area contributed by atoms with Gasteiger partial charge in [0.15, 0.2) is 0 Å². The zero-order valence-electron chi connectivity index (χ0n) is 11.2. The van der Waals surface area contributed by atoms with Gasteiger partial charge in [0.05, 0.1) is 17.3 Å². The lowest BCUT2D eigenvalue weighted by Crippen LogP contribution is -2.13. The molecule has 1 amide bonds. The van der Waals surface area contributed by atoms with Gasteiger partial charge in [0.25, 0.3) is 5.91 Å². The molecule has 0 unspecified atom stereocenters. The molecule has 0 aliphatic heterocycles. The van der Waals surface area contributed by atoms with E-state index in [1.54, 1.807) is 10.9 Å². The van der Waals surface area contributed by atoms with Gasteiger partial charge in [0.1, 0.15) is 5.82 Å². The van der Waals surface area contributed by atoms with E-state index in [1.807, 2.05) is 0 Å². The van der Waals surface area contributed by atoms with Gasteiger partial charge in [-0.1, -0.05) is 0 Å². The largest absolute Gasteiger partial charge is 0.478 e. The van der Waals surface area contributed by atoms with Gasteiger partial charge >= 0.3 is 5.97 Å². The number of pyridine rings is 1. The molecule has 108 valence electrons. The minimum atomic E-state index is -1.06. The number of nitrogens with one attached hydrogen (secondary N) is 1. The molecule has 0 atom stereocenters. The van der Waals surface area contributed by atoms with Crippen LogP contribution in [0.5, 0.6) is 0 Å². The van der Waals surface area contributed by atoms with Gasteiger partial charge < -0.3 is 10.4 Å². The van der Waals surface area contributed by atoms with Crippen LogP contribution in [0.15, 0.2) is 30.7 Å². The summed E-state index contributed by atoms with van der Waals surface area (Å²) in [5.74, 6) is -0.540. The van der Waals surface area contributed by atoms with E-state index >= 15 is 0 Å². The first-order chi connectivity index (χ1) is 10.1. The molecule has 1 fully saturated rings. The van der Waals surface area contributed by atoms with Crippen molar-refractivity contribution in [1.82, 2.24) is 14.8 Å². The molecule has 21 heavy (non-hydrogen) atoms. The summed E-state index contributed by atoms with van der Waals surface area (Å²) < 4.78 is 1.76. The van der Waals surface area contributed by atoms with Crippen LogP contribution in [0.1, 0.15) is 33.6 Å². The van der Waals surface area contributed by atoms with Crippen LogP contribution in [0.3, 0.4) is 0 Å². The summed E-state index contributed by atoms with van der Waals surface area (Å²) in [4.78, 5) is 26.9. The molecule has 0 bridgehead atoms. The molecule has 1 aliphatic carbocycles. The van der Waals surface area contributed by atoms with Gasteiger partial charge in [-0.25, -0.2) is 9.78 Å². The van der Waals surface area contributed by atoms with Gasteiger partial charge in [0.2, 0.25) is 0 Å². The lowest BCUT2D eigenvalue weighted by Gasteiger charge is -2.03. The second-order valence-electron chi connectivity index (χ2n) is 5.08. The van der Waals surface area contributed by atoms with Crippen molar-refractivity contribution < 1.29 is 14.7 Å². The van der Waals surface area contributed by atoms with Gasteiger partial charge in [-0.05, 0) is 30.9 Å². The van der Waals surface area contributed by atoms with Crippen LogP contribution in [-0.4, -0.2) is 31.7 Å². The Hall–Kier alpha value is -2.70. The summed E-state index contributed by atoms with van der Waals surface area (Å²) in [6.45, 7) is 0.833. The molecule has 7 nitrogen and oxygen atoms in total. The molecule has 1 saturated carbocycles. The normalized spacial score (nSPS) is 13.9. The van der Waals surface area contributed by atoms with Crippen LogP contribution in [-0.2, 0) is 6.54 Å². The Morgan fingerprint density at radius 3 is 2.90 bits per heavy atom. The summed E-state index contributed by atoms with van der Waals surface area (Å²) in [6, 6.07) is 2.68. The Morgan fingerprint density at radius 2 is 2.19 bits per heavy atom. The average Bonchev–Trinajstić information content (AvgIpc) is 3.14. The Balaban J connectivity index is 1.68. The van der Waals surface area contributed by atoms with E-state index in [0.29, 0.717) is 11.5 Å². The molecule has 0 saturated heterocycles. The van der Waals surface area contributed by atoms with Crippen molar-refractivity contribution in [3.63, 3.8) is 0 Å². The third-order valence-electron chi connectivity index (χ3n) is 3.29. The number of carbonyl (C=O) groups excluding carboxylic acids is 1. The van der Waals surface area contributed by atoms with Gasteiger partial charge in [-0.2, -0.15) is 5.10 Å². The summed E-state index contributed by atoms with van der Waals surface area (Å²) in [5.41, 5.74) is 0.503. The highest BCUT2D eigenvalue weighted by molar-refractivity contribution is 6.03. The number of hydrogen-bond donors (Lipinski definition) is 2. The Kier molecular flexibility index (Phi) is 3.39. The number of rotatable bonds is 5. The number of carbonyl (C=O) groups is 2. The van der Waals surface area contributed by atoms with Crippen LogP contribution in [0.2, 0.25) is 0 Å². The third kappa shape index (κ3) is 3.25. The number of aromatic nitrogens is 3. The smallest absolute Gasteiger partial charge is 0.335 e. The van der Waals surface area contributed by atoms with Crippen molar-refractivity contribution in [3.8, 4) is 0 Å². The number of aromatic carboxylic acids is 1. The molecule has 0 spiro atoms. The van der Waals surface area contributed by atoms with Gasteiger partial charge in [0, 0.05) is 18.9 Å². The zero-order chi connectivity index (χ0) is 14.8. The maximum atomic E-state index is 12.1. The number of nitrogens with zero attached hydrogens (tertiary/aromatic N) is 3. The fraction of sp³-hybridized carbons (Fsp3) is 0.286. The maximum Gasteiger partial charge on any atom is 0.335 e. The lowest BCUT2D eigenvalue weighted by molar-refractivity contribution is 0.0696. The minimum absolute atomic E-state index is 0.0738. The highest BCUT2D eigenvalue weighted by Crippen LogP contribution is 2.30. The van der Waals surface area contributed by atoms with Crippen molar-refractivity contribution in [2.45, 2.75) is 19.4 Å².